The van der Waals surface area contributed by atoms with Gasteiger partial charge in [0.2, 0.25) is 5.13 Å². The Kier molecular flexibility index (Phi) is 5.79. The van der Waals surface area contributed by atoms with E-state index in [9.17, 15) is 0 Å². The Morgan fingerprint density at radius 1 is 1.22 bits per heavy atom. The van der Waals surface area contributed by atoms with Crippen LogP contribution in [-0.4, -0.2) is 42.3 Å². The summed E-state index contributed by atoms with van der Waals surface area (Å²) in [6.45, 7) is 2.34. The molecule has 0 bridgehead atoms. The van der Waals surface area contributed by atoms with Crippen molar-refractivity contribution in [3.63, 3.8) is 0 Å². The molecule has 1 fully saturated rings. The molecule has 23 heavy (non-hydrogen) atoms. The Labute approximate surface area is 140 Å². The summed E-state index contributed by atoms with van der Waals surface area (Å²) >= 11 is 1.37. The molecule has 2 N–H and O–H groups in total. The molecule has 0 amide bonds. The van der Waals surface area contributed by atoms with Gasteiger partial charge in [-0.1, -0.05) is 0 Å². The van der Waals surface area contributed by atoms with Crippen LogP contribution in [0.4, 0.5) is 16.5 Å². The fraction of sp³-hybridized carbons (Fsp3) is 0.500. The van der Waals surface area contributed by atoms with Crippen molar-refractivity contribution in [1.29, 1.82) is 0 Å². The second-order valence-corrected chi connectivity index (χ2v) is 6.24. The molecule has 6 nitrogen and oxygen atoms in total. The van der Waals surface area contributed by atoms with E-state index in [1.807, 2.05) is 0 Å². The summed E-state index contributed by atoms with van der Waals surface area (Å²) < 4.78 is 14.7. The van der Waals surface area contributed by atoms with Crippen LogP contribution < -0.4 is 10.6 Å². The van der Waals surface area contributed by atoms with Gasteiger partial charge in [-0.25, -0.2) is 4.98 Å². The average molecular weight is 334 g/mol. The zero-order valence-electron chi connectivity index (χ0n) is 13.2. The van der Waals surface area contributed by atoms with Crippen LogP contribution in [0.15, 0.2) is 24.3 Å². The number of nitrogens with one attached hydrogen (secondary N) is 2. The van der Waals surface area contributed by atoms with Gasteiger partial charge in [-0.2, -0.15) is 4.37 Å². The minimum Gasteiger partial charge on any atom is -0.384 e. The Bertz CT molecular complexity index is 596. The number of benzene rings is 1. The average Bonchev–Trinajstić information content (AvgIpc) is 3.03. The third kappa shape index (κ3) is 4.89. The van der Waals surface area contributed by atoms with Crippen LogP contribution in [0.1, 0.15) is 18.7 Å². The standard InChI is InChI=1S/C16H22N4O2S/c1-21-9-8-15-19-16(23-20-15)18-13-4-2-12(3-5-13)17-14-6-10-22-11-7-14/h2-5,14,17H,6-11H2,1H3,(H,18,19,20). The molecule has 0 aliphatic carbocycles. The van der Waals surface area contributed by atoms with Crippen LogP contribution in [0.5, 0.6) is 0 Å². The summed E-state index contributed by atoms with van der Waals surface area (Å²) in [5.41, 5.74) is 2.15. The monoisotopic (exact) mass is 334 g/mol. The van der Waals surface area contributed by atoms with E-state index in [1.165, 1.54) is 11.5 Å². The number of anilines is 3. The van der Waals surface area contributed by atoms with Gasteiger partial charge in [0.1, 0.15) is 5.82 Å². The lowest BCUT2D eigenvalue weighted by atomic mass is 10.1. The van der Waals surface area contributed by atoms with Crippen LogP contribution in [0, 0.1) is 0 Å². The number of hydrogen-bond donors (Lipinski definition) is 2. The van der Waals surface area contributed by atoms with Gasteiger partial charge in [0.25, 0.3) is 0 Å². The molecule has 1 aromatic carbocycles. The molecule has 0 saturated carbocycles. The van der Waals surface area contributed by atoms with Crippen LogP contribution >= 0.6 is 11.5 Å². The van der Waals surface area contributed by atoms with Crippen molar-refractivity contribution in [1.82, 2.24) is 9.36 Å². The molecule has 1 aliphatic heterocycles. The molecular formula is C16H22N4O2S. The van der Waals surface area contributed by atoms with Crippen molar-refractivity contribution in [2.24, 2.45) is 0 Å². The maximum absolute atomic E-state index is 5.38. The van der Waals surface area contributed by atoms with E-state index < -0.39 is 0 Å². The largest absolute Gasteiger partial charge is 0.384 e. The summed E-state index contributed by atoms with van der Waals surface area (Å²) in [5, 5.41) is 7.65. The van der Waals surface area contributed by atoms with Crippen molar-refractivity contribution in [3.8, 4) is 0 Å². The van der Waals surface area contributed by atoms with Gasteiger partial charge in [-0.15, -0.1) is 0 Å². The van der Waals surface area contributed by atoms with Crippen LogP contribution in [0.2, 0.25) is 0 Å². The highest BCUT2D eigenvalue weighted by atomic mass is 32.1. The van der Waals surface area contributed by atoms with Gasteiger partial charge in [0, 0.05) is 55.7 Å². The third-order valence-corrected chi connectivity index (χ3v) is 4.39. The topological polar surface area (TPSA) is 68.3 Å². The molecule has 0 unspecified atom stereocenters. The van der Waals surface area contributed by atoms with Crippen molar-refractivity contribution in [2.45, 2.75) is 25.3 Å². The van der Waals surface area contributed by atoms with Gasteiger partial charge < -0.3 is 20.1 Å². The lowest BCUT2D eigenvalue weighted by Crippen LogP contribution is -2.27. The lowest BCUT2D eigenvalue weighted by Gasteiger charge is -2.24. The second-order valence-electron chi connectivity index (χ2n) is 5.49. The van der Waals surface area contributed by atoms with Gasteiger partial charge in [-0.05, 0) is 37.1 Å². The van der Waals surface area contributed by atoms with Crippen LogP contribution in [0.25, 0.3) is 0 Å². The van der Waals surface area contributed by atoms with E-state index in [2.05, 4.69) is 44.3 Å². The number of methoxy groups -OCH3 is 1. The summed E-state index contributed by atoms with van der Waals surface area (Å²) in [7, 11) is 1.68. The summed E-state index contributed by atoms with van der Waals surface area (Å²) in [6.07, 6.45) is 2.87. The number of aromatic nitrogens is 2. The zero-order valence-corrected chi connectivity index (χ0v) is 14.1. The van der Waals surface area contributed by atoms with Gasteiger partial charge in [0.05, 0.1) is 6.61 Å². The molecule has 124 valence electrons. The first-order chi connectivity index (χ1) is 11.3. The maximum atomic E-state index is 5.38. The van der Waals surface area contributed by atoms with E-state index in [-0.39, 0.29) is 0 Å². The smallest absolute Gasteiger partial charge is 0.207 e. The minimum absolute atomic E-state index is 0.508. The molecule has 2 heterocycles. The summed E-state index contributed by atoms with van der Waals surface area (Å²) in [5.74, 6) is 0.817. The van der Waals surface area contributed by atoms with Gasteiger partial charge in [-0.3, -0.25) is 0 Å². The molecule has 3 rings (SSSR count). The fourth-order valence-electron chi connectivity index (χ4n) is 2.45. The zero-order chi connectivity index (χ0) is 15.9. The Hall–Kier alpha value is -1.70. The SMILES string of the molecule is COCCc1nsc(Nc2ccc(NC3CCOCC3)cc2)n1. The predicted octanol–water partition coefficient (Wildman–Crippen LogP) is 3.06. The van der Waals surface area contributed by atoms with Gasteiger partial charge >= 0.3 is 0 Å². The molecule has 1 aromatic heterocycles. The van der Waals surface area contributed by atoms with E-state index in [0.29, 0.717) is 12.6 Å². The molecule has 0 atom stereocenters. The molecule has 2 aromatic rings. The highest BCUT2D eigenvalue weighted by Gasteiger charge is 2.13. The maximum Gasteiger partial charge on any atom is 0.207 e. The molecule has 0 radical (unpaired) electrons. The molecule has 0 spiro atoms. The number of rotatable bonds is 7. The van der Waals surface area contributed by atoms with Crippen molar-refractivity contribution in [3.05, 3.63) is 30.1 Å². The highest BCUT2D eigenvalue weighted by molar-refractivity contribution is 7.09. The quantitative estimate of drug-likeness (QED) is 0.811. The number of ether oxygens (including phenoxy) is 2. The number of nitrogens with zero attached hydrogens (tertiary/aromatic N) is 2. The summed E-state index contributed by atoms with van der Waals surface area (Å²) in [4.78, 5) is 4.45. The van der Waals surface area contributed by atoms with Crippen LogP contribution in [0.3, 0.4) is 0 Å². The van der Waals surface area contributed by atoms with Crippen molar-refractivity contribution < 1.29 is 9.47 Å². The number of hydrogen-bond acceptors (Lipinski definition) is 7. The molecule has 1 saturated heterocycles. The van der Waals surface area contributed by atoms with E-state index in [0.717, 1.165) is 54.8 Å². The normalized spacial score (nSPS) is 15.5. The van der Waals surface area contributed by atoms with E-state index >= 15 is 0 Å². The molecule has 1 aliphatic rings. The third-order valence-electron chi connectivity index (χ3n) is 3.73. The van der Waals surface area contributed by atoms with Crippen molar-refractivity contribution >= 4 is 28.0 Å². The Morgan fingerprint density at radius 3 is 2.70 bits per heavy atom. The lowest BCUT2D eigenvalue weighted by molar-refractivity contribution is 0.0904. The Balaban J connectivity index is 1.53. The minimum atomic E-state index is 0.508. The first-order valence-electron chi connectivity index (χ1n) is 7.86. The second kappa shape index (κ2) is 8.24. The predicted molar refractivity (Wildman–Crippen MR) is 92.7 cm³/mol. The van der Waals surface area contributed by atoms with Crippen molar-refractivity contribution in [2.75, 3.05) is 37.6 Å². The van der Waals surface area contributed by atoms with E-state index in [1.54, 1.807) is 7.11 Å². The first kappa shape index (κ1) is 16.2. The van der Waals surface area contributed by atoms with Gasteiger partial charge in [0.15, 0.2) is 0 Å². The van der Waals surface area contributed by atoms with E-state index in [4.69, 9.17) is 9.47 Å². The molecular weight excluding hydrogens is 312 g/mol. The fourth-order valence-corrected chi connectivity index (χ4v) is 3.08. The highest BCUT2D eigenvalue weighted by Crippen LogP contribution is 2.22. The van der Waals surface area contributed by atoms with Crippen LogP contribution in [-0.2, 0) is 15.9 Å². The first-order valence-corrected chi connectivity index (χ1v) is 8.64. The Morgan fingerprint density at radius 2 is 1.96 bits per heavy atom. The summed E-state index contributed by atoms with van der Waals surface area (Å²) in [6, 6.07) is 8.79. The molecule has 7 heteroatoms.